The number of alkyl carbamates (subject to hydrolysis) is 1. The van der Waals surface area contributed by atoms with Crippen LogP contribution in [0, 0.1) is 0 Å². The summed E-state index contributed by atoms with van der Waals surface area (Å²) in [6.07, 6.45) is -0.530. The molecule has 0 unspecified atom stereocenters. The lowest BCUT2D eigenvalue weighted by atomic mass is 10.0. The smallest absolute Gasteiger partial charge is 0.409 e. The second-order valence-electron chi connectivity index (χ2n) is 5.74. The fourth-order valence-electron chi connectivity index (χ4n) is 2.76. The number of hydrogen-bond acceptors (Lipinski definition) is 5. The number of piperidine rings is 1. The lowest BCUT2D eigenvalue weighted by molar-refractivity contribution is -0.0164. The molecule has 1 saturated heterocycles. The highest BCUT2D eigenvalue weighted by Gasteiger charge is 2.33. The van der Waals surface area contributed by atoms with Crippen LogP contribution < -0.4 is 5.32 Å². The van der Waals surface area contributed by atoms with Gasteiger partial charge in [0.2, 0.25) is 0 Å². The third-order valence-corrected chi connectivity index (χ3v) is 3.98. The minimum absolute atomic E-state index is 0.200. The minimum Gasteiger partial charge on any atom is -0.450 e. The number of ether oxygens (including phenoxy) is 3. The Balaban J connectivity index is 1.85. The second kappa shape index (κ2) is 9.88. The Bertz CT molecular complexity index is 552. The minimum atomic E-state index is -0.483. The van der Waals surface area contributed by atoms with Crippen molar-refractivity contribution in [1.82, 2.24) is 10.2 Å². The molecule has 138 valence electrons. The number of nitrogens with zero attached hydrogens (tertiary/aromatic N) is 1. The van der Waals surface area contributed by atoms with E-state index in [1.54, 1.807) is 11.8 Å². The van der Waals surface area contributed by atoms with Crippen LogP contribution in [0.2, 0.25) is 0 Å². The average molecular weight is 350 g/mol. The molecular weight excluding hydrogens is 324 g/mol. The molecule has 1 aliphatic rings. The van der Waals surface area contributed by atoms with Gasteiger partial charge in [0.05, 0.1) is 25.3 Å². The van der Waals surface area contributed by atoms with Gasteiger partial charge in [0, 0.05) is 13.2 Å². The van der Waals surface area contributed by atoms with Crippen LogP contribution >= 0.6 is 0 Å². The maximum atomic E-state index is 12.1. The summed E-state index contributed by atoms with van der Waals surface area (Å²) < 4.78 is 16.0. The topological polar surface area (TPSA) is 77.1 Å². The first kappa shape index (κ1) is 19.1. The van der Waals surface area contributed by atoms with Crippen molar-refractivity contribution in [2.24, 2.45) is 0 Å². The molecule has 1 fully saturated rings. The van der Waals surface area contributed by atoms with E-state index in [4.69, 9.17) is 14.2 Å². The third-order valence-electron chi connectivity index (χ3n) is 3.98. The Kier molecular flexibility index (Phi) is 7.53. The number of hydrogen-bond donors (Lipinski definition) is 1. The predicted octanol–water partition coefficient (Wildman–Crippen LogP) is 2.55. The van der Waals surface area contributed by atoms with Crippen molar-refractivity contribution in [1.29, 1.82) is 0 Å². The van der Waals surface area contributed by atoms with Gasteiger partial charge in [0.15, 0.2) is 0 Å². The van der Waals surface area contributed by atoms with E-state index in [2.05, 4.69) is 5.32 Å². The van der Waals surface area contributed by atoms with Crippen LogP contribution in [-0.2, 0) is 20.8 Å². The van der Waals surface area contributed by atoms with Gasteiger partial charge in [-0.2, -0.15) is 0 Å². The van der Waals surface area contributed by atoms with Crippen molar-refractivity contribution >= 4 is 12.2 Å². The SMILES string of the molecule is CCOC(=O)N1CC[C@H](NC(=O)OCc2ccccc2)[C@H](OCC)C1. The molecule has 1 heterocycles. The summed E-state index contributed by atoms with van der Waals surface area (Å²) in [5.41, 5.74) is 0.927. The molecule has 2 rings (SSSR count). The molecule has 0 bridgehead atoms. The fourth-order valence-corrected chi connectivity index (χ4v) is 2.76. The summed E-state index contributed by atoms with van der Waals surface area (Å²) in [5, 5.41) is 2.85. The zero-order valence-corrected chi connectivity index (χ0v) is 14.8. The van der Waals surface area contributed by atoms with E-state index in [1.807, 2.05) is 37.3 Å². The second-order valence-corrected chi connectivity index (χ2v) is 5.74. The first-order chi connectivity index (χ1) is 12.1. The molecule has 2 atom stereocenters. The molecule has 1 aromatic rings. The first-order valence-electron chi connectivity index (χ1n) is 8.64. The fraction of sp³-hybridized carbons (Fsp3) is 0.556. The van der Waals surface area contributed by atoms with E-state index in [9.17, 15) is 9.59 Å². The molecule has 0 radical (unpaired) electrons. The zero-order chi connectivity index (χ0) is 18.1. The normalized spacial score (nSPS) is 20.0. The monoisotopic (exact) mass is 350 g/mol. The number of likely N-dealkylation sites (tertiary alicyclic amines) is 1. The van der Waals surface area contributed by atoms with Crippen LogP contribution in [0.15, 0.2) is 30.3 Å². The van der Waals surface area contributed by atoms with Gasteiger partial charge >= 0.3 is 12.2 Å². The molecule has 1 aliphatic heterocycles. The Labute approximate surface area is 148 Å². The largest absolute Gasteiger partial charge is 0.450 e. The van der Waals surface area contributed by atoms with Crippen molar-refractivity contribution in [3.8, 4) is 0 Å². The first-order valence-corrected chi connectivity index (χ1v) is 8.64. The van der Waals surface area contributed by atoms with Crippen LogP contribution in [-0.4, -0.2) is 55.5 Å². The Morgan fingerprint density at radius 1 is 1.16 bits per heavy atom. The molecule has 1 N–H and O–H groups in total. The zero-order valence-electron chi connectivity index (χ0n) is 14.8. The molecular formula is C18H26N2O5. The van der Waals surface area contributed by atoms with Crippen LogP contribution in [0.1, 0.15) is 25.8 Å². The number of amides is 2. The van der Waals surface area contributed by atoms with Crippen LogP contribution in [0.25, 0.3) is 0 Å². The third kappa shape index (κ3) is 5.94. The van der Waals surface area contributed by atoms with Crippen molar-refractivity contribution in [3.05, 3.63) is 35.9 Å². The Morgan fingerprint density at radius 3 is 2.60 bits per heavy atom. The van der Waals surface area contributed by atoms with E-state index in [1.165, 1.54) is 0 Å². The molecule has 0 spiro atoms. The number of rotatable bonds is 6. The standard InChI is InChI=1S/C18H26N2O5/c1-3-23-16-12-20(18(22)24-4-2)11-10-15(16)19-17(21)25-13-14-8-6-5-7-9-14/h5-9,15-16H,3-4,10-13H2,1-2H3,(H,19,21)/t15-,16+/m0/s1. The maximum absolute atomic E-state index is 12.1. The van der Waals surface area contributed by atoms with E-state index in [-0.39, 0.29) is 24.8 Å². The van der Waals surface area contributed by atoms with Crippen LogP contribution in [0.5, 0.6) is 0 Å². The Hall–Kier alpha value is -2.28. The van der Waals surface area contributed by atoms with Crippen molar-refractivity contribution in [3.63, 3.8) is 0 Å². The average Bonchev–Trinajstić information content (AvgIpc) is 2.62. The van der Waals surface area contributed by atoms with Crippen LogP contribution in [0.3, 0.4) is 0 Å². The summed E-state index contributed by atoms with van der Waals surface area (Å²) in [7, 11) is 0. The summed E-state index contributed by atoms with van der Waals surface area (Å²) in [6, 6.07) is 9.30. The summed E-state index contributed by atoms with van der Waals surface area (Å²) in [6.45, 7) is 5.60. The molecule has 7 nitrogen and oxygen atoms in total. The number of carbonyl (C=O) groups excluding carboxylic acids is 2. The molecule has 0 aromatic heterocycles. The van der Waals surface area contributed by atoms with E-state index < -0.39 is 6.09 Å². The Morgan fingerprint density at radius 2 is 1.92 bits per heavy atom. The van der Waals surface area contributed by atoms with Gasteiger partial charge in [-0.05, 0) is 25.8 Å². The summed E-state index contributed by atoms with van der Waals surface area (Å²) in [5.74, 6) is 0. The van der Waals surface area contributed by atoms with Gasteiger partial charge in [-0.1, -0.05) is 30.3 Å². The predicted molar refractivity (Wildman–Crippen MR) is 92.2 cm³/mol. The van der Waals surface area contributed by atoms with E-state index in [0.29, 0.717) is 32.7 Å². The van der Waals surface area contributed by atoms with Gasteiger partial charge in [0.1, 0.15) is 6.61 Å². The quantitative estimate of drug-likeness (QED) is 0.853. The highest BCUT2D eigenvalue weighted by atomic mass is 16.6. The number of nitrogens with one attached hydrogen (secondary N) is 1. The highest BCUT2D eigenvalue weighted by Crippen LogP contribution is 2.16. The summed E-state index contributed by atoms with van der Waals surface area (Å²) in [4.78, 5) is 25.5. The van der Waals surface area contributed by atoms with Crippen molar-refractivity contribution in [2.75, 3.05) is 26.3 Å². The molecule has 1 aromatic carbocycles. The maximum Gasteiger partial charge on any atom is 0.409 e. The summed E-state index contributed by atoms with van der Waals surface area (Å²) >= 11 is 0. The van der Waals surface area contributed by atoms with Gasteiger partial charge in [0.25, 0.3) is 0 Å². The number of benzene rings is 1. The van der Waals surface area contributed by atoms with Gasteiger partial charge in [-0.15, -0.1) is 0 Å². The molecule has 7 heteroatoms. The highest BCUT2D eigenvalue weighted by molar-refractivity contribution is 5.69. The van der Waals surface area contributed by atoms with Gasteiger partial charge < -0.3 is 24.4 Å². The number of carbonyl (C=O) groups is 2. The molecule has 0 aliphatic carbocycles. The lowest BCUT2D eigenvalue weighted by Gasteiger charge is -2.37. The lowest BCUT2D eigenvalue weighted by Crippen LogP contribution is -2.56. The van der Waals surface area contributed by atoms with Gasteiger partial charge in [-0.25, -0.2) is 9.59 Å². The van der Waals surface area contributed by atoms with Crippen LogP contribution in [0.4, 0.5) is 9.59 Å². The van der Waals surface area contributed by atoms with E-state index >= 15 is 0 Å². The van der Waals surface area contributed by atoms with Gasteiger partial charge in [-0.3, -0.25) is 0 Å². The molecule has 25 heavy (non-hydrogen) atoms. The van der Waals surface area contributed by atoms with Crippen molar-refractivity contribution < 1.29 is 23.8 Å². The molecule has 0 saturated carbocycles. The van der Waals surface area contributed by atoms with Crippen molar-refractivity contribution in [2.45, 2.75) is 39.0 Å². The van der Waals surface area contributed by atoms with E-state index in [0.717, 1.165) is 5.56 Å². The molecule has 2 amide bonds.